The summed E-state index contributed by atoms with van der Waals surface area (Å²) in [6, 6.07) is 4.75. The molecule has 0 aromatic heterocycles. The summed E-state index contributed by atoms with van der Waals surface area (Å²) in [6.45, 7) is 3.41. The highest BCUT2D eigenvalue weighted by Crippen LogP contribution is 2.31. The van der Waals surface area contributed by atoms with Crippen molar-refractivity contribution >= 4 is 17.5 Å². The van der Waals surface area contributed by atoms with Crippen LogP contribution in [0.4, 0.5) is 4.39 Å². The number of halogens is 2. The molecule has 1 unspecified atom stereocenters. The monoisotopic (exact) mass is 328 g/mol. The zero-order valence-corrected chi connectivity index (χ0v) is 13.5. The van der Waals surface area contributed by atoms with Crippen molar-refractivity contribution in [3.63, 3.8) is 0 Å². The van der Waals surface area contributed by atoms with Crippen LogP contribution in [0.5, 0.6) is 0 Å². The summed E-state index contributed by atoms with van der Waals surface area (Å²) in [5, 5.41) is 3.40. The minimum Gasteiger partial charge on any atom is -0.381 e. The van der Waals surface area contributed by atoms with Gasteiger partial charge in [-0.15, -0.1) is 0 Å². The molecule has 1 aliphatic rings. The molecular formula is C16H22ClFN2O2. The quantitative estimate of drug-likeness (QED) is 0.844. The van der Waals surface area contributed by atoms with Gasteiger partial charge in [0, 0.05) is 31.4 Å². The first-order valence-electron chi connectivity index (χ1n) is 7.55. The van der Waals surface area contributed by atoms with Gasteiger partial charge in [0.15, 0.2) is 0 Å². The number of carbonyl (C=O) groups is 1. The number of nitrogens with two attached hydrogens (primary N) is 1. The minimum absolute atomic E-state index is 0.105. The third kappa shape index (κ3) is 3.59. The predicted octanol–water partition coefficient (Wildman–Crippen LogP) is 2.80. The van der Waals surface area contributed by atoms with Crippen LogP contribution in [-0.2, 0) is 9.53 Å². The van der Waals surface area contributed by atoms with Crippen LogP contribution < -0.4 is 11.1 Å². The normalized spacial score (nSPS) is 18.9. The summed E-state index contributed by atoms with van der Waals surface area (Å²) in [4.78, 5) is 11.9. The van der Waals surface area contributed by atoms with E-state index in [9.17, 15) is 9.18 Å². The van der Waals surface area contributed by atoms with Gasteiger partial charge in [0.1, 0.15) is 5.82 Å². The van der Waals surface area contributed by atoms with Crippen LogP contribution in [-0.4, -0.2) is 25.7 Å². The first-order chi connectivity index (χ1) is 10.5. The van der Waals surface area contributed by atoms with Gasteiger partial charge in [0.05, 0.1) is 10.4 Å². The molecule has 1 aromatic rings. The number of primary amides is 1. The van der Waals surface area contributed by atoms with Crippen LogP contribution in [0.2, 0.25) is 5.02 Å². The fourth-order valence-corrected chi connectivity index (χ4v) is 3.04. The molecule has 1 heterocycles. The van der Waals surface area contributed by atoms with Crippen LogP contribution in [0.15, 0.2) is 18.2 Å². The third-order valence-electron chi connectivity index (χ3n) is 4.42. The Balaban J connectivity index is 2.13. The number of carbonyl (C=O) groups excluding carboxylic acids is 1. The fourth-order valence-electron chi connectivity index (χ4n) is 2.85. The van der Waals surface area contributed by atoms with Crippen LogP contribution >= 0.6 is 11.6 Å². The molecule has 1 saturated heterocycles. The van der Waals surface area contributed by atoms with E-state index in [0.29, 0.717) is 44.6 Å². The predicted molar refractivity (Wildman–Crippen MR) is 84.1 cm³/mol. The Bertz CT molecular complexity index is 533. The van der Waals surface area contributed by atoms with E-state index in [1.54, 1.807) is 12.1 Å². The van der Waals surface area contributed by atoms with Crippen molar-refractivity contribution in [1.29, 1.82) is 0 Å². The third-order valence-corrected chi connectivity index (χ3v) is 4.72. The van der Waals surface area contributed by atoms with Crippen molar-refractivity contribution in [2.45, 2.75) is 32.2 Å². The molecule has 3 N–H and O–H groups in total. The van der Waals surface area contributed by atoms with Crippen molar-refractivity contribution in [2.75, 3.05) is 19.8 Å². The standard InChI is InChI=1S/C16H22ClFN2O2/c1-2-13(11-4-3-5-12(17)14(11)18)20-10-16(15(19)21)6-8-22-9-7-16/h3-5,13,20H,2,6-10H2,1H3,(H2,19,21). The highest BCUT2D eigenvalue weighted by molar-refractivity contribution is 6.30. The first kappa shape index (κ1) is 17.2. The van der Waals surface area contributed by atoms with E-state index in [0.717, 1.165) is 0 Å². The number of hydrogen-bond donors (Lipinski definition) is 2. The zero-order valence-electron chi connectivity index (χ0n) is 12.7. The number of ether oxygens (including phenoxy) is 1. The maximum atomic E-state index is 14.2. The highest BCUT2D eigenvalue weighted by Gasteiger charge is 2.38. The lowest BCUT2D eigenvalue weighted by molar-refractivity contribution is -0.133. The van der Waals surface area contributed by atoms with Crippen LogP contribution in [0.3, 0.4) is 0 Å². The average Bonchev–Trinajstić information content (AvgIpc) is 2.52. The summed E-state index contributed by atoms with van der Waals surface area (Å²) in [6.07, 6.45) is 1.86. The van der Waals surface area contributed by atoms with Gasteiger partial charge in [-0.1, -0.05) is 30.7 Å². The second-order valence-corrected chi connectivity index (χ2v) is 6.15. The topological polar surface area (TPSA) is 64.3 Å². The second kappa shape index (κ2) is 7.40. The maximum absolute atomic E-state index is 14.2. The van der Waals surface area contributed by atoms with Crippen molar-refractivity contribution in [3.8, 4) is 0 Å². The Labute approximate surface area is 135 Å². The van der Waals surface area contributed by atoms with Gasteiger partial charge in [0.25, 0.3) is 0 Å². The molecule has 4 nitrogen and oxygen atoms in total. The minimum atomic E-state index is -0.624. The van der Waals surface area contributed by atoms with Gasteiger partial charge in [-0.3, -0.25) is 4.79 Å². The maximum Gasteiger partial charge on any atom is 0.225 e. The summed E-state index contributed by atoms with van der Waals surface area (Å²) < 4.78 is 19.5. The van der Waals surface area contributed by atoms with E-state index in [1.165, 1.54) is 6.07 Å². The summed E-state index contributed by atoms with van der Waals surface area (Å²) in [5.74, 6) is -0.742. The molecule has 1 atom stereocenters. The van der Waals surface area contributed by atoms with Crippen molar-refractivity contribution < 1.29 is 13.9 Å². The molecule has 1 aliphatic heterocycles. The van der Waals surface area contributed by atoms with Gasteiger partial charge in [-0.25, -0.2) is 4.39 Å². The zero-order chi connectivity index (χ0) is 16.2. The SMILES string of the molecule is CCC(NCC1(C(N)=O)CCOCC1)c1cccc(Cl)c1F. The molecule has 6 heteroatoms. The Morgan fingerprint density at radius 2 is 2.18 bits per heavy atom. The molecule has 0 saturated carbocycles. The van der Waals surface area contributed by atoms with Crippen LogP contribution in [0.1, 0.15) is 37.8 Å². The van der Waals surface area contributed by atoms with E-state index < -0.39 is 11.2 Å². The van der Waals surface area contributed by atoms with Gasteiger partial charge >= 0.3 is 0 Å². The summed E-state index contributed by atoms with van der Waals surface area (Å²) in [5.41, 5.74) is 5.48. The van der Waals surface area contributed by atoms with Crippen molar-refractivity contribution in [2.24, 2.45) is 11.1 Å². The highest BCUT2D eigenvalue weighted by atomic mass is 35.5. The lowest BCUT2D eigenvalue weighted by Gasteiger charge is -2.35. The van der Waals surface area contributed by atoms with E-state index in [1.807, 2.05) is 6.92 Å². The number of hydrogen-bond acceptors (Lipinski definition) is 3. The van der Waals surface area contributed by atoms with E-state index in [-0.39, 0.29) is 17.0 Å². The molecule has 1 fully saturated rings. The molecular weight excluding hydrogens is 307 g/mol. The Kier molecular flexibility index (Phi) is 5.78. The molecule has 0 bridgehead atoms. The molecule has 122 valence electrons. The number of amides is 1. The average molecular weight is 329 g/mol. The van der Waals surface area contributed by atoms with Gasteiger partial charge in [0.2, 0.25) is 5.91 Å². The number of nitrogens with one attached hydrogen (secondary N) is 1. The Morgan fingerprint density at radius 3 is 2.77 bits per heavy atom. The first-order valence-corrected chi connectivity index (χ1v) is 7.93. The molecule has 0 aliphatic carbocycles. The molecule has 0 radical (unpaired) electrons. The summed E-state index contributed by atoms with van der Waals surface area (Å²) >= 11 is 5.85. The van der Waals surface area contributed by atoms with Crippen molar-refractivity contribution in [1.82, 2.24) is 5.32 Å². The number of benzene rings is 1. The largest absolute Gasteiger partial charge is 0.381 e. The Morgan fingerprint density at radius 1 is 1.50 bits per heavy atom. The van der Waals surface area contributed by atoms with Gasteiger partial charge in [-0.05, 0) is 25.3 Å². The summed E-state index contributed by atoms with van der Waals surface area (Å²) in [7, 11) is 0. The molecule has 1 aromatic carbocycles. The fraction of sp³-hybridized carbons (Fsp3) is 0.562. The van der Waals surface area contributed by atoms with Gasteiger partial charge in [-0.2, -0.15) is 0 Å². The lowest BCUT2D eigenvalue weighted by atomic mass is 9.79. The number of rotatable bonds is 6. The smallest absolute Gasteiger partial charge is 0.225 e. The van der Waals surface area contributed by atoms with Crippen LogP contribution in [0.25, 0.3) is 0 Å². The Hall–Kier alpha value is -1.17. The van der Waals surface area contributed by atoms with Crippen LogP contribution in [0, 0.1) is 11.2 Å². The van der Waals surface area contributed by atoms with Crippen molar-refractivity contribution in [3.05, 3.63) is 34.6 Å². The van der Waals surface area contributed by atoms with E-state index in [2.05, 4.69) is 5.32 Å². The van der Waals surface area contributed by atoms with E-state index in [4.69, 9.17) is 22.1 Å². The van der Waals surface area contributed by atoms with Gasteiger partial charge < -0.3 is 15.8 Å². The second-order valence-electron chi connectivity index (χ2n) is 5.74. The molecule has 0 spiro atoms. The molecule has 2 rings (SSSR count). The molecule has 22 heavy (non-hydrogen) atoms. The van der Waals surface area contributed by atoms with E-state index >= 15 is 0 Å². The lowest BCUT2D eigenvalue weighted by Crippen LogP contribution is -2.49. The molecule has 1 amide bonds.